The van der Waals surface area contributed by atoms with Gasteiger partial charge in [-0.2, -0.15) is 0 Å². The number of rotatable bonds is 5. The minimum absolute atomic E-state index is 0.332. The van der Waals surface area contributed by atoms with Crippen molar-refractivity contribution in [3.05, 3.63) is 35.4 Å². The first kappa shape index (κ1) is 12.5. The Morgan fingerprint density at radius 1 is 1.44 bits per heavy atom. The smallest absolute Gasteiger partial charge is 0.235 e. The predicted octanol–water partition coefficient (Wildman–Crippen LogP) is -0.144. The Hall–Kier alpha value is -1.52. The molecule has 5 nitrogen and oxygen atoms in total. The maximum atomic E-state index is 10.00. The van der Waals surface area contributed by atoms with Crippen LogP contribution in [0.1, 0.15) is 11.1 Å². The molecular weight excluding hydrogens is 204 g/mol. The monoisotopic (exact) mass is 220 g/mol. The van der Waals surface area contributed by atoms with E-state index in [-0.39, 0.29) is 0 Å². The van der Waals surface area contributed by atoms with Crippen LogP contribution in [0.5, 0.6) is 0 Å². The number of hydrogen-bond donors (Lipinski definition) is 3. The lowest BCUT2D eigenvalue weighted by Gasteiger charge is -2.23. The van der Waals surface area contributed by atoms with Crippen LogP contribution >= 0.6 is 0 Å². The third-order valence-corrected chi connectivity index (χ3v) is 2.28. The normalized spacial score (nSPS) is 10.9. The van der Waals surface area contributed by atoms with Crippen LogP contribution in [-0.2, 0) is 17.8 Å². The van der Waals surface area contributed by atoms with E-state index in [1.165, 1.54) is 6.08 Å². The molecule has 0 saturated carbocycles. The van der Waals surface area contributed by atoms with E-state index in [0.29, 0.717) is 13.0 Å². The van der Waals surface area contributed by atoms with Crippen LogP contribution in [-0.4, -0.2) is 18.9 Å². The number of hydrogen-bond acceptors (Lipinski definition) is 5. The Kier molecular flexibility index (Phi) is 4.34. The number of nitrogens with one attached hydrogen (secondary N) is 1. The highest BCUT2D eigenvalue weighted by Crippen LogP contribution is 2.09. The first-order chi connectivity index (χ1) is 7.57. The van der Waals surface area contributed by atoms with Crippen molar-refractivity contribution in [1.29, 1.82) is 0 Å². The summed E-state index contributed by atoms with van der Waals surface area (Å²) in [5.74, 6) is -0.924. The number of carbonyl (C=O) groups excluding carboxylic acids is 1. The SMILES string of the molecule is CNC(N)(N)Cc1cccc(CN=C=O)c1. The highest BCUT2D eigenvalue weighted by atomic mass is 16.1. The van der Waals surface area contributed by atoms with Crippen LogP contribution < -0.4 is 16.8 Å². The molecule has 0 radical (unpaired) electrons. The third kappa shape index (κ3) is 3.92. The fourth-order valence-electron chi connectivity index (χ4n) is 1.39. The summed E-state index contributed by atoms with van der Waals surface area (Å²) in [6, 6.07) is 7.63. The molecule has 0 unspecified atom stereocenters. The van der Waals surface area contributed by atoms with Gasteiger partial charge >= 0.3 is 0 Å². The minimum Gasteiger partial charge on any atom is -0.301 e. The Morgan fingerprint density at radius 2 is 2.12 bits per heavy atom. The van der Waals surface area contributed by atoms with Crippen LogP contribution in [0.15, 0.2) is 29.3 Å². The van der Waals surface area contributed by atoms with Crippen LogP contribution in [0.25, 0.3) is 0 Å². The van der Waals surface area contributed by atoms with Gasteiger partial charge < -0.3 is 11.5 Å². The van der Waals surface area contributed by atoms with E-state index >= 15 is 0 Å². The first-order valence-electron chi connectivity index (χ1n) is 4.95. The van der Waals surface area contributed by atoms with Gasteiger partial charge in [0.15, 0.2) is 0 Å². The summed E-state index contributed by atoms with van der Waals surface area (Å²) in [5, 5.41) is 2.82. The largest absolute Gasteiger partial charge is 0.301 e. The zero-order valence-electron chi connectivity index (χ0n) is 9.23. The lowest BCUT2D eigenvalue weighted by atomic mass is 10.0. The average molecular weight is 220 g/mol. The lowest BCUT2D eigenvalue weighted by molar-refractivity contribution is 0.374. The van der Waals surface area contributed by atoms with Gasteiger partial charge in [0.05, 0.1) is 6.54 Å². The van der Waals surface area contributed by atoms with Crippen LogP contribution in [0.3, 0.4) is 0 Å². The summed E-state index contributed by atoms with van der Waals surface area (Å²) in [7, 11) is 1.71. The van der Waals surface area contributed by atoms with Crippen LogP contribution in [0, 0.1) is 0 Å². The molecule has 5 N–H and O–H groups in total. The lowest BCUT2D eigenvalue weighted by Crippen LogP contribution is -2.61. The van der Waals surface area contributed by atoms with Gasteiger partial charge in [0.1, 0.15) is 5.79 Å². The molecule has 0 aliphatic carbocycles. The van der Waals surface area contributed by atoms with Crippen molar-refractivity contribution >= 4 is 6.08 Å². The zero-order chi connectivity index (χ0) is 12.0. The molecule has 0 atom stereocenters. The summed E-state index contributed by atoms with van der Waals surface area (Å²) < 4.78 is 0. The van der Waals surface area contributed by atoms with E-state index in [1.54, 1.807) is 7.05 Å². The molecule has 0 heterocycles. The van der Waals surface area contributed by atoms with Gasteiger partial charge in [-0.15, -0.1) is 0 Å². The number of nitrogens with two attached hydrogens (primary N) is 2. The van der Waals surface area contributed by atoms with Crippen molar-refractivity contribution in [3.8, 4) is 0 Å². The van der Waals surface area contributed by atoms with Crippen molar-refractivity contribution in [2.45, 2.75) is 18.8 Å². The van der Waals surface area contributed by atoms with E-state index in [0.717, 1.165) is 11.1 Å². The van der Waals surface area contributed by atoms with Crippen molar-refractivity contribution in [1.82, 2.24) is 5.32 Å². The number of aliphatic imine (C=N–C) groups is 1. The topological polar surface area (TPSA) is 93.5 Å². The van der Waals surface area contributed by atoms with Gasteiger partial charge in [-0.25, -0.2) is 9.79 Å². The summed E-state index contributed by atoms with van der Waals surface area (Å²) >= 11 is 0. The summed E-state index contributed by atoms with van der Waals surface area (Å²) in [4.78, 5) is 13.5. The molecule has 0 amide bonds. The molecule has 1 rings (SSSR count). The summed E-state index contributed by atoms with van der Waals surface area (Å²) in [6.45, 7) is 0.332. The van der Waals surface area contributed by atoms with Crippen LogP contribution in [0.4, 0.5) is 0 Å². The number of nitrogens with zero attached hydrogens (tertiary/aromatic N) is 1. The summed E-state index contributed by atoms with van der Waals surface area (Å²) in [5.41, 5.74) is 13.5. The van der Waals surface area contributed by atoms with Crippen molar-refractivity contribution in [3.63, 3.8) is 0 Å². The van der Waals surface area contributed by atoms with E-state index < -0.39 is 5.79 Å². The third-order valence-electron chi connectivity index (χ3n) is 2.28. The minimum atomic E-state index is -0.924. The Bertz CT molecular complexity index is 397. The quantitative estimate of drug-likeness (QED) is 0.365. The highest BCUT2D eigenvalue weighted by Gasteiger charge is 2.16. The second kappa shape index (κ2) is 5.53. The molecule has 0 aromatic heterocycles. The Labute approximate surface area is 94.5 Å². The van der Waals surface area contributed by atoms with Crippen molar-refractivity contribution < 1.29 is 4.79 Å². The number of benzene rings is 1. The van der Waals surface area contributed by atoms with Gasteiger partial charge in [-0.3, -0.25) is 5.32 Å². The standard InChI is InChI=1S/C11H16N4O/c1-14-11(12,13)6-9-3-2-4-10(5-9)7-15-8-16/h2-5,14H,6-7,12-13H2,1H3. The summed E-state index contributed by atoms with van der Waals surface area (Å²) in [6.07, 6.45) is 2.01. The second-order valence-electron chi connectivity index (χ2n) is 3.69. The molecule has 0 fully saturated rings. The molecule has 0 bridgehead atoms. The van der Waals surface area contributed by atoms with E-state index in [4.69, 9.17) is 11.5 Å². The van der Waals surface area contributed by atoms with Gasteiger partial charge in [-0.05, 0) is 18.2 Å². The molecule has 0 spiro atoms. The highest BCUT2D eigenvalue weighted by molar-refractivity contribution is 5.34. The molecule has 5 heteroatoms. The molecular formula is C11H16N4O. The number of isocyanates is 1. The first-order valence-corrected chi connectivity index (χ1v) is 4.95. The molecule has 0 aliphatic heterocycles. The molecule has 0 saturated heterocycles. The van der Waals surface area contributed by atoms with Gasteiger partial charge in [0, 0.05) is 6.42 Å². The van der Waals surface area contributed by atoms with Gasteiger partial charge in [-0.1, -0.05) is 24.3 Å². The fourth-order valence-corrected chi connectivity index (χ4v) is 1.39. The Morgan fingerprint density at radius 3 is 2.75 bits per heavy atom. The van der Waals surface area contributed by atoms with E-state index in [9.17, 15) is 4.79 Å². The Balaban J connectivity index is 2.78. The molecule has 86 valence electrons. The molecule has 1 aromatic carbocycles. The maximum Gasteiger partial charge on any atom is 0.235 e. The van der Waals surface area contributed by atoms with Crippen molar-refractivity contribution in [2.24, 2.45) is 16.5 Å². The van der Waals surface area contributed by atoms with E-state index in [2.05, 4.69) is 10.3 Å². The van der Waals surface area contributed by atoms with E-state index in [1.807, 2.05) is 24.3 Å². The number of likely N-dealkylation sites (N-methyl/N-ethyl adjacent to an activating group) is 1. The molecule has 0 aliphatic rings. The van der Waals surface area contributed by atoms with Gasteiger partial charge in [0.2, 0.25) is 6.08 Å². The van der Waals surface area contributed by atoms with Crippen LogP contribution in [0.2, 0.25) is 0 Å². The molecule has 16 heavy (non-hydrogen) atoms. The predicted molar refractivity (Wildman–Crippen MR) is 62.1 cm³/mol. The van der Waals surface area contributed by atoms with Gasteiger partial charge in [0.25, 0.3) is 0 Å². The second-order valence-corrected chi connectivity index (χ2v) is 3.69. The fraction of sp³-hybridized carbons (Fsp3) is 0.364. The molecule has 1 aromatic rings. The van der Waals surface area contributed by atoms with Crippen molar-refractivity contribution in [2.75, 3.05) is 7.05 Å². The maximum absolute atomic E-state index is 10.00. The zero-order valence-corrected chi connectivity index (χ0v) is 9.23. The average Bonchev–Trinajstić information content (AvgIpc) is 2.26.